The summed E-state index contributed by atoms with van der Waals surface area (Å²) in [4.78, 5) is 0. The molecule has 0 bridgehead atoms. The van der Waals surface area contributed by atoms with Crippen LogP contribution < -0.4 is 0 Å². The largest absolute Gasteiger partial charge is 0.459 e. The van der Waals surface area contributed by atoms with Gasteiger partial charge < -0.3 is 9.47 Å². The van der Waals surface area contributed by atoms with Gasteiger partial charge in [-0.15, -0.1) is 0 Å². The van der Waals surface area contributed by atoms with E-state index in [-0.39, 0.29) is 6.29 Å². The molecule has 0 aromatic heterocycles. The highest BCUT2D eigenvalue weighted by Gasteiger charge is 2.45. The summed E-state index contributed by atoms with van der Waals surface area (Å²) in [7, 11) is 0. The minimum absolute atomic E-state index is 0.284. The van der Waals surface area contributed by atoms with Crippen molar-refractivity contribution in [1.29, 1.82) is 5.26 Å². The first-order chi connectivity index (χ1) is 8.82. The average molecular weight is 241 g/mol. The number of allylic oxidation sites excluding steroid dienone is 1. The minimum atomic E-state index is -0.411. The third kappa shape index (κ3) is 1.84. The zero-order chi connectivity index (χ0) is 12.4. The zero-order valence-electron chi connectivity index (χ0n) is 10.1. The van der Waals surface area contributed by atoms with Crippen molar-refractivity contribution >= 4 is 0 Å². The van der Waals surface area contributed by atoms with Crippen LogP contribution in [0.4, 0.5) is 0 Å². The van der Waals surface area contributed by atoms with Gasteiger partial charge in [-0.3, -0.25) is 0 Å². The Morgan fingerprint density at radius 3 is 2.67 bits per heavy atom. The van der Waals surface area contributed by atoms with E-state index in [1.807, 2.05) is 30.3 Å². The highest BCUT2D eigenvalue weighted by atomic mass is 16.7. The summed E-state index contributed by atoms with van der Waals surface area (Å²) in [6, 6.07) is 12.5. The van der Waals surface area contributed by atoms with Crippen molar-refractivity contribution < 1.29 is 9.47 Å². The molecule has 1 aliphatic carbocycles. The van der Waals surface area contributed by atoms with Crippen LogP contribution in [0.25, 0.3) is 0 Å². The topological polar surface area (TPSA) is 42.2 Å². The van der Waals surface area contributed by atoms with E-state index in [0.717, 1.165) is 25.0 Å². The van der Waals surface area contributed by atoms with Gasteiger partial charge in [-0.2, -0.15) is 5.26 Å². The second-order valence-corrected chi connectivity index (χ2v) is 4.90. The molecule has 1 atom stereocenters. The van der Waals surface area contributed by atoms with Crippen LogP contribution in [0.1, 0.15) is 24.8 Å². The lowest BCUT2D eigenvalue weighted by atomic mass is 9.69. The fraction of sp³-hybridized carbons (Fsp3) is 0.400. The zero-order valence-corrected chi connectivity index (χ0v) is 10.1. The standard InChI is InChI=1S/C15H15NO2/c16-11-15(7-4-8-15)13-10-17-14(18-13)9-12-5-2-1-3-6-12/h1-3,5-6,10,14H,4,7-9H2. The Morgan fingerprint density at radius 2 is 2.06 bits per heavy atom. The molecule has 0 spiro atoms. The second kappa shape index (κ2) is 4.38. The molecule has 3 nitrogen and oxygen atoms in total. The summed E-state index contributed by atoms with van der Waals surface area (Å²) >= 11 is 0. The first-order valence-electron chi connectivity index (χ1n) is 6.30. The maximum Gasteiger partial charge on any atom is 0.244 e. The molecule has 0 saturated heterocycles. The van der Waals surface area contributed by atoms with Crippen LogP contribution in [0.15, 0.2) is 42.4 Å². The van der Waals surface area contributed by atoms with Gasteiger partial charge >= 0.3 is 0 Å². The van der Waals surface area contributed by atoms with Crippen molar-refractivity contribution in [2.24, 2.45) is 5.41 Å². The fourth-order valence-electron chi connectivity index (χ4n) is 2.40. The van der Waals surface area contributed by atoms with Crippen LogP contribution in [0.3, 0.4) is 0 Å². The molecule has 18 heavy (non-hydrogen) atoms. The summed E-state index contributed by atoms with van der Waals surface area (Å²) in [6.45, 7) is 0. The number of ether oxygens (including phenoxy) is 2. The predicted molar refractivity (Wildman–Crippen MR) is 66.1 cm³/mol. The lowest BCUT2D eigenvalue weighted by Crippen LogP contribution is -2.31. The maximum atomic E-state index is 9.25. The number of benzene rings is 1. The Kier molecular flexibility index (Phi) is 2.71. The van der Waals surface area contributed by atoms with Crippen LogP contribution in [0.5, 0.6) is 0 Å². The molecule has 1 aliphatic heterocycles. The molecule has 0 N–H and O–H groups in total. The molecule has 1 saturated carbocycles. The number of nitrogens with zero attached hydrogens (tertiary/aromatic N) is 1. The van der Waals surface area contributed by atoms with E-state index in [4.69, 9.17) is 9.47 Å². The molecule has 1 fully saturated rings. The molecule has 1 aromatic carbocycles. The van der Waals surface area contributed by atoms with Crippen LogP contribution in [-0.2, 0) is 15.9 Å². The van der Waals surface area contributed by atoms with Crippen molar-refractivity contribution in [3.8, 4) is 6.07 Å². The molecular formula is C15H15NO2. The van der Waals surface area contributed by atoms with Crippen molar-refractivity contribution in [3.63, 3.8) is 0 Å². The van der Waals surface area contributed by atoms with Crippen molar-refractivity contribution in [2.45, 2.75) is 32.0 Å². The number of nitriles is 1. The third-order valence-electron chi connectivity index (χ3n) is 3.72. The predicted octanol–water partition coefficient (Wildman–Crippen LogP) is 3.14. The molecule has 0 radical (unpaired) electrons. The quantitative estimate of drug-likeness (QED) is 0.816. The highest BCUT2D eigenvalue weighted by Crippen LogP contribution is 2.48. The summed E-state index contributed by atoms with van der Waals surface area (Å²) < 4.78 is 11.3. The number of rotatable bonds is 3. The van der Waals surface area contributed by atoms with E-state index >= 15 is 0 Å². The maximum absolute atomic E-state index is 9.25. The Labute approximate surface area is 107 Å². The van der Waals surface area contributed by atoms with Crippen LogP contribution >= 0.6 is 0 Å². The van der Waals surface area contributed by atoms with Gasteiger partial charge in [0.25, 0.3) is 0 Å². The highest BCUT2D eigenvalue weighted by molar-refractivity contribution is 5.23. The van der Waals surface area contributed by atoms with Gasteiger partial charge in [0, 0.05) is 6.42 Å². The Morgan fingerprint density at radius 1 is 1.28 bits per heavy atom. The first kappa shape index (κ1) is 11.2. The van der Waals surface area contributed by atoms with Gasteiger partial charge in [-0.25, -0.2) is 0 Å². The van der Waals surface area contributed by atoms with E-state index in [9.17, 15) is 5.26 Å². The van der Waals surface area contributed by atoms with E-state index in [2.05, 4.69) is 6.07 Å². The summed E-state index contributed by atoms with van der Waals surface area (Å²) in [6.07, 6.45) is 4.93. The van der Waals surface area contributed by atoms with Crippen molar-refractivity contribution in [1.82, 2.24) is 0 Å². The molecule has 92 valence electrons. The van der Waals surface area contributed by atoms with E-state index < -0.39 is 5.41 Å². The lowest BCUT2D eigenvalue weighted by Gasteiger charge is -2.34. The molecule has 0 amide bonds. The molecule has 3 rings (SSSR count). The van der Waals surface area contributed by atoms with E-state index in [1.54, 1.807) is 6.26 Å². The molecule has 3 heteroatoms. The SMILES string of the molecule is N#CC1(C2=COC(Cc3ccccc3)O2)CCC1. The second-order valence-electron chi connectivity index (χ2n) is 4.90. The molecular weight excluding hydrogens is 226 g/mol. The number of hydrogen-bond donors (Lipinski definition) is 0. The van der Waals surface area contributed by atoms with Gasteiger partial charge in [0.15, 0.2) is 5.76 Å². The van der Waals surface area contributed by atoms with Gasteiger partial charge in [0.2, 0.25) is 6.29 Å². The Balaban J connectivity index is 1.63. The smallest absolute Gasteiger partial charge is 0.244 e. The fourth-order valence-corrected chi connectivity index (χ4v) is 2.40. The van der Waals surface area contributed by atoms with Crippen LogP contribution in [0.2, 0.25) is 0 Å². The van der Waals surface area contributed by atoms with Gasteiger partial charge in [0.1, 0.15) is 11.7 Å². The van der Waals surface area contributed by atoms with Crippen molar-refractivity contribution in [2.75, 3.05) is 0 Å². The van der Waals surface area contributed by atoms with Crippen LogP contribution in [0, 0.1) is 16.7 Å². The monoisotopic (exact) mass is 241 g/mol. The molecule has 2 aliphatic rings. The Bertz CT molecular complexity index is 497. The van der Waals surface area contributed by atoms with E-state index in [1.165, 1.54) is 5.56 Å². The summed E-state index contributed by atoms with van der Waals surface area (Å²) in [5.74, 6) is 0.720. The summed E-state index contributed by atoms with van der Waals surface area (Å²) in [5.41, 5.74) is 0.766. The van der Waals surface area contributed by atoms with Gasteiger partial charge in [-0.05, 0) is 24.8 Å². The van der Waals surface area contributed by atoms with Gasteiger partial charge in [-0.1, -0.05) is 30.3 Å². The third-order valence-corrected chi connectivity index (χ3v) is 3.72. The molecule has 1 aromatic rings. The van der Waals surface area contributed by atoms with E-state index in [0.29, 0.717) is 6.42 Å². The van der Waals surface area contributed by atoms with Crippen molar-refractivity contribution in [3.05, 3.63) is 47.9 Å². The lowest BCUT2D eigenvalue weighted by molar-refractivity contribution is -0.0463. The molecule has 1 unspecified atom stereocenters. The Hall–Kier alpha value is -1.95. The summed E-state index contributed by atoms with van der Waals surface area (Å²) in [5, 5.41) is 9.25. The van der Waals surface area contributed by atoms with Crippen LogP contribution in [-0.4, -0.2) is 6.29 Å². The first-order valence-corrected chi connectivity index (χ1v) is 6.30. The number of hydrogen-bond acceptors (Lipinski definition) is 3. The average Bonchev–Trinajstić information content (AvgIpc) is 2.79. The minimum Gasteiger partial charge on any atom is -0.459 e. The van der Waals surface area contributed by atoms with Gasteiger partial charge in [0.05, 0.1) is 6.07 Å². The molecule has 1 heterocycles. The normalized spacial score (nSPS) is 24.2.